The highest BCUT2D eigenvalue weighted by molar-refractivity contribution is 6.09. The van der Waals surface area contributed by atoms with E-state index < -0.39 is 5.79 Å². The molecule has 0 amide bonds. The van der Waals surface area contributed by atoms with Crippen molar-refractivity contribution in [3.8, 4) is 17.2 Å². The number of rotatable bonds is 6. The molecule has 0 radical (unpaired) electrons. The maximum atomic E-state index is 12.7. The standard InChI is InChI=1S/C29H24O5/c1-20-2-4-21(5-3-20)28(31)22-6-14-26(15-7-22)34-27-16-10-24(11-17-27)29(32-18-19-33-29)23-8-12-25(30)13-9-23/h2-17,30H,18-19H2,1H3. The van der Waals surface area contributed by atoms with Crippen LogP contribution in [0.25, 0.3) is 0 Å². The molecule has 1 fully saturated rings. The van der Waals surface area contributed by atoms with E-state index in [0.717, 1.165) is 16.7 Å². The number of carbonyl (C=O) groups is 1. The largest absolute Gasteiger partial charge is 0.508 e. The van der Waals surface area contributed by atoms with Gasteiger partial charge in [0, 0.05) is 22.3 Å². The Morgan fingerprint density at radius 3 is 1.68 bits per heavy atom. The van der Waals surface area contributed by atoms with Crippen molar-refractivity contribution < 1.29 is 24.1 Å². The lowest BCUT2D eigenvalue weighted by atomic mass is 9.97. The molecule has 0 aliphatic carbocycles. The first-order valence-corrected chi connectivity index (χ1v) is 11.1. The summed E-state index contributed by atoms with van der Waals surface area (Å²) < 4.78 is 18.0. The lowest BCUT2D eigenvalue weighted by Gasteiger charge is -2.28. The van der Waals surface area contributed by atoms with Gasteiger partial charge in [-0.15, -0.1) is 0 Å². The van der Waals surface area contributed by atoms with E-state index in [4.69, 9.17) is 14.2 Å². The Bertz CT molecular complexity index is 1270. The average molecular weight is 453 g/mol. The lowest BCUT2D eigenvalue weighted by Crippen LogP contribution is -2.28. The molecule has 4 aromatic rings. The van der Waals surface area contributed by atoms with Crippen molar-refractivity contribution in [1.29, 1.82) is 0 Å². The molecule has 5 rings (SSSR count). The summed E-state index contributed by atoms with van der Waals surface area (Å²) in [5, 5.41) is 9.63. The van der Waals surface area contributed by atoms with Crippen LogP contribution in [0.15, 0.2) is 97.1 Å². The van der Waals surface area contributed by atoms with Crippen LogP contribution >= 0.6 is 0 Å². The number of aromatic hydroxyl groups is 1. The van der Waals surface area contributed by atoms with Gasteiger partial charge < -0.3 is 19.3 Å². The van der Waals surface area contributed by atoms with E-state index in [9.17, 15) is 9.90 Å². The number of hydrogen-bond acceptors (Lipinski definition) is 5. The topological polar surface area (TPSA) is 65.0 Å². The number of aryl methyl sites for hydroxylation is 1. The van der Waals surface area contributed by atoms with Crippen LogP contribution in [0.2, 0.25) is 0 Å². The highest BCUT2D eigenvalue weighted by Crippen LogP contribution is 2.39. The maximum absolute atomic E-state index is 12.7. The van der Waals surface area contributed by atoms with E-state index in [1.807, 2.05) is 55.5 Å². The Morgan fingerprint density at radius 2 is 1.15 bits per heavy atom. The summed E-state index contributed by atoms with van der Waals surface area (Å²) in [5.41, 5.74) is 4.03. The number of benzene rings is 4. The molecule has 1 N–H and O–H groups in total. The molecule has 1 aliphatic rings. The van der Waals surface area contributed by atoms with Gasteiger partial charge >= 0.3 is 0 Å². The number of ketones is 1. The van der Waals surface area contributed by atoms with Crippen molar-refractivity contribution in [1.82, 2.24) is 0 Å². The third-order valence-corrected chi connectivity index (χ3v) is 5.84. The normalized spacial score (nSPS) is 14.6. The van der Waals surface area contributed by atoms with Gasteiger partial charge in [0.1, 0.15) is 17.2 Å². The summed E-state index contributed by atoms with van der Waals surface area (Å²) in [6.07, 6.45) is 0. The number of phenolic OH excluding ortho intramolecular Hbond substituents is 1. The highest BCUT2D eigenvalue weighted by atomic mass is 16.7. The highest BCUT2D eigenvalue weighted by Gasteiger charge is 2.40. The first kappa shape index (κ1) is 21.9. The van der Waals surface area contributed by atoms with Crippen molar-refractivity contribution in [3.63, 3.8) is 0 Å². The summed E-state index contributed by atoms with van der Waals surface area (Å²) in [6, 6.07) is 29.0. The number of carbonyl (C=O) groups excluding carboxylic acids is 1. The van der Waals surface area contributed by atoms with Crippen LogP contribution in [0.3, 0.4) is 0 Å². The van der Waals surface area contributed by atoms with Gasteiger partial charge in [0.2, 0.25) is 5.79 Å². The molecule has 0 saturated carbocycles. The van der Waals surface area contributed by atoms with Crippen LogP contribution in [0.1, 0.15) is 32.6 Å². The Kier molecular flexibility index (Phi) is 5.88. The van der Waals surface area contributed by atoms with Crippen LogP contribution < -0.4 is 4.74 Å². The molecule has 4 aromatic carbocycles. The molecule has 0 aromatic heterocycles. The first-order valence-electron chi connectivity index (χ1n) is 11.1. The molecule has 170 valence electrons. The smallest absolute Gasteiger partial charge is 0.222 e. The van der Waals surface area contributed by atoms with Crippen LogP contribution in [-0.4, -0.2) is 24.1 Å². The Hall–Kier alpha value is -3.93. The molecule has 0 bridgehead atoms. The molecule has 0 spiro atoms. The van der Waals surface area contributed by atoms with Crippen molar-refractivity contribution in [2.75, 3.05) is 13.2 Å². The summed E-state index contributed by atoms with van der Waals surface area (Å²) in [6.45, 7) is 2.95. The van der Waals surface area contributed by atoms with Gasteiger partial charge in [0.05, 0.1) is 13.2 Å². The zero-order chi connectivity index (χ0) is 23.5. The van der Waals surface area contributed by atoms with E-state index in [1.54, 1.807) is 48.5 Å². The van der Waals surface area contributed by atoms with Gasteiger partial charge in [-0.2, -0.15) is 0 Å². The lowest BCUT2D eigenvalue weighted by molar-refractivity contribution is -0.129. The zero-order valence-electron chi connectivity index (χ0n) is 18.7. The van der Waals surface area contributed by atoms with Crippen LogP contribution in [0, 0.1) is 6.92 Å². The van der Waals surface area contributed by atoms with Gasteiger partial charge in [-0.3, -0.25) is 4.79 Å². The van der Waals surface area contributed by atoms with Crippen LogP contribution in [0.5, 0.6) is 17.2 Å². The second-order valence-electron chi connectivity index (χ2n) is 8.21. The molecule has 5 heteroatoms. The van der Waals surface area contributed by atoms with Crippen molar-refractivity contribution in [2.24, 2.45) is 0 Å². The molecule has 1 heterocycles. The van der Waals surface area contributed by atoms with Crippen LogP contribution in [-0.2, 0) is 15.3 Å². The molecule has 0 unspecified atom stereocenters. The number of ether oxygens (including phenoxy) is 3. The predicted octanol–water partition coefficient (Wildman–Crippen LogP) is 5.97. The van der Waals surface area contributed by atoms with Gasteiger partial charge in [0.15, 0.2) is 5.78 Å². The summed E-state index contributed by atoms with van der Waals surface area (Å²) in [5.74, 6) is 0.443. The SMILES string of the molecule is Cc1ccc(C(=O)c2ccc(Oc3ccc(C4(c5ccc(O)cc5)OCCO4)cc3)cc2)cc1. The fraction of sp³-hybridized carbons (Fsp3) is 0.138. The number of hydrogen-bond donors (Lipinski definition) is 1. The second kappa shape index (κ2) is 9.14. The fourth-order valence-corrected chi connectivity index (χ4v) is 4.02. The molecule has 5 nitrogen and oxygen atoms in total. The fourth-order valence-electron chi connectivity index (χ4n) is 4.02. The van der Waals surface area contributed by atoms with Crippen molar-refractivity contribution >= 4 is 5.78 Å². The van der Waals surface area contributed by atoms with Crippen molar-refractivity contribution in [3.05, 3.63) is 125 Å². The predicted molar refractivity (Wildman–Crippen MR) is 128 cm³/mol. The van der Waals surface area contributed by atoms with E-state index in [1.165, 1.54) is 0 Å². The molecule has 1 saturated heterocycles. The van der Waals surface area contributed by atoms with Gasteiger partial charge in [-0.05, 0) is 79.7 Å². The van der Waals surface area contributed by atoms with E-state index in [2.05, 4.69) is 0 Å². The van der Waals surface area contributed by atoms with E-state index in [-0.39, 0.29) is 11.5 Å². The summed E-state index contributed by atoms with van der Waals surface area (Å²) in [4.78, 5) is 12.7. The van der Waals surface area contributed by atoms with E-state index >= 15 is 0 Å². The van der Waals surface area contributed by atoms with Gasteiger partial charge in [0.25, 0.3) is 0 Å². The van der Waals surface area contributed by atoms with Gasteiger partial charge in [-0.25, -0.2) is 0 Å². The summed E-state index contributed by atoms with van der Waals surface area (Å²) >= 11 is 0. The zero-order valence-corrected chi connectivity index (χ0v) is 18.7. The maximum Gasteiger partial charge on any atom is 0.222 e. The Labute approximate surface area is 198 Å². The minimum Gasteiger partial charge on any atom is -0.508 e. The Balaban J connectivity index is 1.31. The minimum atomic E-state index is -1.01. The average Bonchev–Trinajstić information content (AvgIpc) is 3.37. The third-order valence-electron chi connectivity index (χ3n) is 5.84. The molecule has 1 aliphatic heterocycles. The van der Waals surface area contributed by atoms with Crippen LogP contribution in [0.4, 0.5) is 0 Å². The number of phenols is 1. The van der Waals surface area contributed by atoms with Gasteiger partial charge in [-0.1, -0.05) is 29.8 Å². The molecular formula is C29H24O5. The molecule has 0 atom stereocenters. The first-order chi connectivity index (χ1) is 16.5. The second-order valence-corrected chi connectivity index (χ2v) is 8.21. The molecular weight excluding hydrogens is 428 g/mol. The van der Waals surface area contributed by atoms with Crippen molar-refractivity contribution in [2.45, 2.75) is 12.7 Å². The molecule has 34 heavy (non-hydrogen) atoms. The Morgan fingerprint density at radius 1 is 0.706 bits per heavy atom. The summed E-state index contributed by atoms with van der Waals surface area (Å²) in [7, 11) is 0. The van der Waals surface area contributed by atoms with E-state index in [0.29, 0.717) is 35.8 Å². The third kappa shape index (κ3) is 4.31. The quantitative estimate of drug-likeness (QED) is 0.365. The monoisotopic (exact) mass is 452 g/mol. The minimum absolute atomic E-state index is 0.0213.